The van der Waals surface area contributed by atoms with Crippen LogP contribution < -0.4 is 0 Å². The number of benzene rings is 6. The average molecular weight is 509 g/mol. The second-order valence-corrected chi connectivity index (χ2v) is 10.6. The Labute approximate surface area is 232 Å². The van der Waals surface area contributed by atoms with Crippen LogP contribution in [0.5, 0.6) is 0 Å². The van der Waals surface area contributed by atoms with Gasteiger partial charge in [0, 0.05) is 21.5 Å². The maximum absolute atomic E-state index is 7.71. The molecule has 6 aromatic carbocycles. The molecule has 8 rings (SSSR count). The Kier molecular flexibility index (Phi) is 4.83. The fourth-order valence-corrected chi connectivity index (χ4v) is 6.30. The summed E-state index contributed by atoms with van der Waals surface area (Å²) in [5.41, 5.74) is 12.4. The van der Waals surface area contributed by atoms with Gasteiger partial charge in [0.25, 0.3) is 0 Å². The lowest BCUT2D eigenvalue weighted by Crippen LogP contribution is -1.84. The minimum absolute atomic E-state index is 0.649. The third kappa shape index (κ3) is 3.35. The molecule has 0 aliphatic carbocycles. The molecule has 0 amide bonds. The molecule has 0 aliphatic heterocycles. The summed E-state index contributed by atoms with van der Waals surface area (Å²) in [6, 6.07) is 45.4. The van der Waals surface area contributed by atoms with Crippen molar-refractivity contribution in [3.8, 4) is 33.4 Å². The molecule has 0 saturated heterocycles. The standard InChI is InChI=1S/C38H24N2/c1-24-15-16-37-33(17-24)35-23-30(22-34-32-13-6-7-14-36(32)40(37)38(34)35)27-12-8-11-26(18-27)29-19-28(20-31(21-29)39-2)25-9-4-3-5-10-25/h3-23H,1H3. The van der Waals surface area contributed by atoms with E-state index < -0.39 is 0 Å². The van der Waals surface area contributed by atoms with Crippen LogP contribution in [0.3, 0.4) is 0 Å². The number of fused-ring (bicyclic) bond motifs is 6. The van der Waals surface area contributed by atoms with Gasteiger partial charge in [0.05, 0.1) is 23.1 Å². The third-order valence-electron chi connectivity index (χ3n) is 8.14. The molecule has 0 saturated carbocycles. The first-order valence-electron chi connectivity index (χ1n) is 13.6. The van der Waals surface area contributed by atoms with Crippen LogP contribution in [-0.4, -0.2) is 4.40 Å². The molecule has 2 aromatic heterocycles. The third-order valence-corrected chi connectivity index (χ3v) is 8.14. The Balaban J connectivity index is 1.36. The summed E-state index contributed by atoms with van der Waals surface area (Å²) in [6.45, 7) is 9.88. The average Bonchev–Trinajstić information content (AvgIpc) is 3.52. The highest BCUT2D eigenvalue weighted by atomic mass is 14.9. The van der Waals surface area contributed by atoms with Crippen LogP contribution in [0.2, 0.25) is 0 Å². The van der Waals surface area contributed by atoms with E-state index in [9.17, 15) is 0 Å². The predicted octanol–water partition coefficient (Wildman–Crippen LogP) is 10.7. The molecule has 0 bridgehead atoms. The lowest BCUT2D eigenvalue weighted by atomic mass is 9.94. The number of hydrogen-bond acceptors (Lipinski definition) is 0. The van der Waals surface area contributed by atoms with Gasteiger partial charge in [-0.05, 0) is 94.9 Å². The second kappa shape index (κ2) is 8.56. The van der Waals surface area contributed by atoms with Crippen LogP contribution in [0.4, 0.5) is 5.69 Å². The van der Waals surface area contributed by atoms with Crippen LogP contribution in [0, 0.1) is 13.5 Å². The highest BCUT2D eigenvalue weighted by molar-refractivity contribution is 6.24. The van der Waals surface area contributed by atoms with Crippen molar-refractivity contribution < 1.29 is 0 Å². The van der Waals surface area contributed by atoms with Crippen LogP contribution in [0.1, 0.15) is 5.56 Å². The fourth-order valence-electron chi connectivity index (χ4n) is 6.30. The molecule has 0 spiro atoms. The van der Waals surface area contributed by atoms with Crippen molar-refractivity contribution in [2.45, 2.75) is 6.92 Å². The van der Waals surface area contributed by atoms with E-state index in [0.717, 1.165) is 22.3 Å². The highest BCUT2D eigenvalue weighted by Gasteiger charge is 2.19. The van der Waals surface area contributed by atoms with Crippen LogP contribution in [0.15, 0.2) is 127 Å². The van der Waals surface area contributed by atoms with E-state index in [4.69, 9.17) is 6.57 Å². The molecule has 2 heteroatoms. The van der Waals surface area contributed by atoms with Crippen molar-refractivity contribution in [2.24, 2.45) is 0 Å². The number of aromatic nitrogens is 1. The van der Waals surface area contributed by atoms with Crippen molar-refractivity contribution in [1.82, 2.24) is 4.40 Å². The summed E-state index contributed by atoms with van der Waals surface area (Å²) in [4.78, 5) is 3.79. The lowest BCUT2D eigenvalue weighted by molar-refractivity contribution is 1.36. The van der Waals surface area contributed by atoms with Gasteiger partial charge in [0.1, 0.15) is 0 Å². The van der Waals surface area contributed by atoms with Gasteiger partial charge < -0.3 is 4.40 Å². The molecule has 186 valence electrons. The molecule has 2 heterocycles. The van der Waals surface area contributed by atoms with E-state index in [1.54, 1.807) is 0 Å². The van der Waals surface area contributed by atoms with Gasteiger partial charge in [-0.3, -0.25) is 0 Å². The van der Waals surface area contributed by atoms with Crippen LogP contribution in [0.25, 0.3) is 76.3 Å². The SMILES string of the molecule is [C-]#[N+]c1cc(-c2ccccc2)cc(-c2cccc(-c3cc4c5ccccc5n5c6ccc(C)cc6c(c3)c45)c2)c1. The Hall–Kier alpha value is -5.39. The highest BCUT2D eigenvalue weighted by Crippen LogP contribution is 2.42. The largest absolute Gasteiger partial charge is 0.308 e. The topological polar surface area (TPSA) is 8.77 Å². The van der Waals surface area contributed by atoms with Crippen LogP contribution in [-0.2, 0) is 0 Å². The molecule has 0 atom stereocenters. The number of nitrogens with zero attached hydrogens (tertiary/aromatic N) is 2. The minimum atomic E-state index is 0.649. The van der Waals surface area contributed by atoms with Gasteiger partial charge in [-0.2, -0.15) is 0 Å². The molecule has 0 N–H and O–H groups in total. The lowest BCUT2D eigenvalue weighted by Gasteiger charge is -2.10. The van der Waals surface area contributed by atoms with E-state index in [2.05, 4.69) is 113 Å². The zero-order chi connectivity index (χ0) is 26.8. The molecule has 0 unspecified atom stereocenters. The molecule has 0 radical (unpaired) electrons. The maximum atomic E-state index is 7.71. The minimum Gasteiger partial charge on any atom is -0.308 e. The van der Waals surface area contributed by atoms with Gasteiger partial charge in [-0.15, -0.1) is 0 Å². The summed E-state index contributed by atoms with van der Waals surface area (Å²) in [6.07, 6.45) is 0. The van der Waals surface area contributed by atoms with E-state index in [-0.39, 0.29) is 0 Å². The summed E-state index contributed by atoms with van der Waals surface area (Å²) < 4.78 is 2.43. The van der Waals surface area contributed by atoms with E-state index in [1.807, 2.05) is 30.3 Å². The molecular weight excluding hydrogens is 484 g/mol. The Morgan fingerprint density at radius 1 is 0.475 bits per heavy atom. The van der Waals surface area contributed by atoms with Gasteiger partial charge in [-0.25, -0.2) is 4.85 Å². The zero-order valence-electron chi connectivity index (χ0n) is 22.0. The summed E-state index contributed by atoms with van der Waals surface area (Å²) in [5.74, 6) is 0. The van der Waals surface area contributed by atoms with E-state index >= 15 is 0 Å². The molecule has 0 fully saturated rings. The monoisotopic (exact) mass is 508 g/mol. The molecular formula is C38H24N2. The second-order valence-electron chi connectivity index (χ2n) is 10.6. The fraction of sp³-hybridized carbons (Fsp3) is 0.0263. The predicted molar refractivity (Wildman–Crippen MR) is 168 cm³/mol. The Morgan fingerprint density at radius 2 is 1.07 bits per heavy atom. The zero-order valence-corrected chi connectivity index (χ0v) is 22.0. The smallest absolute Gasteiger partial charge is 0.188 e. The first-order chi connectivity index (χ1) is 19.7. The number of para-hydroxylation sites is 1. The van der Waals surface area contributed by atoms with E-state index in [1.165, 1.54) is 54.8 Å². The summed E-state index contributed by atoms with van der Waals surface area (Å²) in [5, 5.41) is 5.14. The maximum Gasteiger partial charge on any atom is 0.188 e. The summed E-state index contributed by atoms with van der Waals surface area (Å²) >= 11 is 0. The quantitative estimate of drug-likeness (QED) is 0.210. The van der Waals surface area contributed by atoms with Crippen LogP contribution >= 0.6 is 0 Å². The number of aryl methyl sites for hydroxylation is 1. The Morgan fingerprint density at radius 3 is 1.85 bits per heavy atom. The van der Waals surface area contributed by atoms with Gasteiger partial charge in [0.2, 0.25) is 0 Å². The Bertz CT molecular complexity index is 2280. The van der Waals surface area contributed by atoms with Gasteiger partial charge in [0.15, 0.2) is 5.69 Å². The molecule has 40 heavy (non-hydrogen) atoms. The van der Waals surface area contributed by atoms with Crippen molar-refractivity contribution in [3.63, 3.8) is 0 Å². The number of hydrogen-bond donors (Lipinski definition) is 0. The van der Waals surface area contributed by atoms with Crippen molar-refractivity contribution in [2.75, 3.05) is 0 Å². The molecule has 2 nitrogen and oxygen atoms in total. The first-order valence-corrected chi connectivity index (χ1v) is 13.6. The summed E-state index contributed by atoms with van der Waals surface area (Å²) in [7, 11) is 0. The molecule has 0 aliphatic rings. The first kappa shape index (κ1) is 22.6. The van der Waals surface area contributed by atoms with Crippen molar-refractivity contribution in [3.05, 3.63) is 144 Å². The molecule has 8 aromatic rings. The van der Waals surface area contributed by atoms with E-state index in [0.29, 0.717) is 5.69 Å². The van der Waals surface area contributed by atoms with Crippen molar-refractivity contribution in [1.29, 1.82) is 0 Å². The van der Waals surface area contributed by atoms with Crippen molar-refractivity contribution >= 4 is 43.8 Å². The van der Waals surface area contributed by atoms with Gasteiger partial charge in [-0.1, -0.05) is 78.4 Å². The normalized spacial score (nSPS) is 11.6. The van der Waals surface area contributed by atoms with Gasteiger partial charge >= 0.3 is 0 Å². The number of rotatable bonds is 3.